The monoisotopic (exact) mass is 455 g/mol. The molecule has 3 aromatic carbocycles. The van der Waals surface area contributed by atoms with Gasteiger partial charge in [0.1, 0.15) is 17.1 Å². The normalized spacial score (nSPS) is 11.5. The maximum atomic E-state index is 12.8. The van der Waals surface area contributed by atoms with Crippen LogP contribution in [0.1, 0.15) is 30.5 Å². The molecule has 4 rings (SSSR count). The van der Waals surface area contributed by atoms with Crippen molar-refractivity contribution in [3.8, 4) is 22.6 Å². The van der Waals surface area contributed by atoms with Crippen LogP contribution < -0.4 is 14.8 Å². The van der Waals surface area contributed by atoms with Gasteiger partial charge in [-0.25, -0.2) is 0 Å². The number of rotatable bonds is 7. The number of aryl methyl sites for hydroxylation is 2. The van der Waals surface area contributed by atoms with Crippen LogP contribution in [0.15, 0.2) is 71.4 Å². The highest BCUT2D eigenvalue weighted by molar-refractivity contribution is 6.05. The number of methoxy groups -OCH3 is 1. The molecule has 1 amide bonds. The molecule has 0 aliphatic heterocycles. The van der Waals surface area contributed by atoms with Crippen molar-refractivity contribution in [2.75, 3.05) is 19.0 Å². The van der Waals surface area contributed by atoms with Gasteiger partial charge in [0.15, 0.2) is 0 Å². The number of ether oxygens (including phenoxy) is 2. The maximum absolute atomic E-state index is 12.8. The third-order valence-electron chi connectivity index (χ3n) is 5.79. The Hall–Kier alpha value is -3.99. The number of anilines is 1. The van der Waals surface area contributed by atoms with E-state index in [0.717, 1.165) is 55.8 Å². The summed E-state index contributed by atoms with van der Waals surface area (Å²) < 4.78 is 17.0. The molecule has 0 unspecified atom stereocenters. The lowest BCUT2D eigenvalue weighted by Gasteiger charge is -2.12. The van der Waals surface area contributed by atoms with Crippen LogP contribution in [0.3, 0.4) is 0 Å². The van der Waals surface area contributed by atoms with Crippen LogP contribution in [-0.2, 0) is 4.79 Å². The third-order valence-corrected chi connectivity index (χ3v) is 5.79. The molecule has 4 aromatic rings. The minimum absolute atomic E-state index is 0.186. The van der Waals surface area contributed by atoms with Crippen LogP contribution in [0.25, 0.3) is 27.7 Å². The average molecular weight is 456 g/mol. The van der Waals surface area contributed by atoms with Crippen molar-refractivity contribution in [1.82, 2.24) is 0 Å². The van der Waals surface area contributed by atoms with E-state index in [1.807, 2.05) is 82.3 Å². The van der Waals surface area contributed by atoms with E-state index in [4.69, 9.17) is 13.9 Å². The summed E-state index contributed by atoms with van der Waals surface area (Å²) in [7, 11) is 1.65. The minimum Gasteiger partial charge on any atom is -0.497 e. The fourth-order valence-electron chi connectivity index (χ4n) is 4.03. The van der Waals surface area contributed by atoms with Gasteiger partial charge in [-0.15, -0.1) is 0 Å². The van der Waals surface area contributed by atoms with Gasteiger partial charge in [-0.1, -0.05) is 29.8 Å². The predicted molar refractivity (Wildman–Crippen MR) is 138 cm³/mol. The number of carbonyl (C=O) groups excluding carboxylic acids is 1. The molecule has 0 aliphatic carbocycles. The van der Waals surface area contributed by atoms with Crippen molar-refractivity contribution >= 4 is 28.1 Å². The van der Waals surface area contributed by atoms with Crippen LogP contribution in [0.5, 0.6) is 11.5 Å². The molecule has 5 nitrogen and oxygen atoms in total. The second kappa shape index (κ2) is 9.87. The highest BCUT2D eigenvalue weighted by atomic mass is 16.5. The smallest absolute Gasteiger partial charge is 0.248 e. The molecule has 0 saturated carbocycles. The summed E-state index contributed by atoms with van der Waals surface area (Å²) in [6.45, 7) is 8.37. The summed E-state index contributed by atoms with van der Waals surface area (Å²) in [6.07, 6.45) is 3.36. The summed E-state index contributed by atoms with van der Waals surface area (Å²) in [5.41, 5.74) is 7.35. The Labute approximate surface area is 200 Å². The van der Waals surface area contributed by atoms with Crippen molar-refractivity contribution in [3.05, 3.63) is 83.6 Å². The molecule has 1 N–H and O–H groups in total. The Morgan fingerprint density at radius 1 is 1.06 bits per heavy atom. The molecule has 0 fully saturated rings. The van der Waals surface area contributed by atoms with Gasteiger partial charge in [0.2, 0.25) is 5.91 Å². The van der Waals surface area contributed by atoms with E-state index < -0.39 is 0 Å². The van der Waals surface area contributed by atoms with Gasteiger partial charge >= 0.3 is 0 Å². The quantitative estimate of drug-likeness (QED) is 0.300. The number of nitrogens with one attached hydrogen (secondary N) is 1. The molecule has 0 aliphatic rings. The Bertz CT molecular complexity index is 1360. The van der Waals surface area contributed by atoms with Gasteiger partial charge in [0, 0.05) is 34.3 Å². The molecule has 0 spiro atoms. The van der Waals surface area contributed by atoms with E-state index in [1.165, 1.54) is 0 Å². The molecule has 1 heterocycles. The number of benzene rings is 3. The molecular weight excluding hydrogens is 426 g/mol. The number of amides is 1. The topological polar surface area (TPSA) is 60.7 Å². The molecule has 0 radical (unpaired) electrons. The van der Waals surface area contributed by atoms with Crippen LogP contribution in [0.4, 0.5) is 5.69 Å². The second-order valence-corrected chi connectivity index (χ2v) is 8.29. The lowest BCUT2D eigenvalue weighted by Crippen LogP contribution is -2.10. The molecule has 0 atom stereocenters. The van der Waals surface area contributed by atoms with Crippen LogP contribution >= 0.6 is 0 Å². The molecule has 174 valence electrons. The van der Waals surface area contributed by atoms with Crippen molar-refractivity contribution in [2.24, 2.45) is 0 Å². The second-order valence-electron chi connectivity index (χ2n) is 8.29. The number of hydrogen-bond acceptors (Lipinski definition) is 4. The fourth-order valence-corrected chi connectivity index (χ4v) is 4.03. The molecule has 34 heavy (non-hydrogen) atoms. The van der Waals surface area contributed by atoms with E-state index in [1.54, 1.807) is 19.4 Å². The van der Waals surface area contributed by atoms with Gasteiger partial charge in [0.25, 0.3) is 0 Å². The SMILES string of the molecule is CCOc1cc2occ(-c3ccc(OC)cc3)c2cc1/C(C)=C/C(=O)Nc1ccc(C)cc1C. The molecule has 1 aromatic heterocycles. The third kappa shape index (κ3) is 4.84. The van der Waals surface area contributed by atoms with E-state index in [2.05, 4.69) is 5.32 Å². The average Bonchev–Trinajstić information content (AvgIpc) is 3.23. The van der Waals surface area contributed by atoms with Crippen molar-refractivity contribution < 1.29 is 18.7 Å². The fraction of sp³-hybridized carbons (Fsp3) is 0.207. The molecule has 0 saturated heterocycles. The first-order valence-electron chi connectivity index (χ1n) is 11.3. The first kappa shape index (κ1) is 23.2. The van der Waals surface area contributed by atoms with E-state index in [0.29, 0.717) is 12.4 Å². The molecule has 0 bridgehead atoms. The number of fused-ring (bicyclic) bond motifs is 1. The Morgan fingerprint density at radius 3 is 2.50 bits per heavy atom. The first-order chi connectivity index (χ1) is 16.4. The van der Waals surface area contributed by atoms with Crippen molar-refractivity contribution in [3.63, 3.8) is 0 Å². The summed E-state index contributed by atoms with van der Waals surface area (Å²) in [5, 5.41) is 3.93. The van der Waals surface area contributed by atoms with Crippen molar-refractivity contribution in [1.29, 1.82) is 0 Å². The van der Waals surface area contributed by atoms with Crippen molar-refractivity contribution in [2.45, 2.75) is 27.7 Å². The summed E-state index contributed by atoms with van der Waals surface area (Å²) >= 11 is 0. The first-order valence-corrected chi connectivity index (χ1v) is 11.3. The van der Waals surface area contributed by atoms with Gasteiger partial charge < -0.3 is 19.2 Å². The number of allylic oxidation sites excluding steroid dienone is 1. The van der Waals surface area contributed by atoms with Gasteiger partial charge in [-0.05, 0) is 68.7 Å². The zero-order valence-corrected chi connectivity index (χ0v) is 20.2. The van der Waals surface area contributed by atoms with Gasteiger partial charge in [0.05, 0.1) is 20.0 Å². The largest absolute Gasteiger partial charge is 0.497 e. The zero-order valence-electron chi connectivity index (χ0n) is 20.2. The summed E-state index contributed by atoms with van der Waals surface area (Å²) in [5.74, 6) is 1.29. The van der Waals surface area contributed by atoms with Crippen LogP contribution in [0, 0.1) is 13.8 Å². The highest BCUT2D eigenvalue weighted by Crippen LogP contribution is 2.38. The Balaban J connectivity index is 1.71. The Kier molecular flexibility index (Phi) is 6.73. The summed E-state index contributed by atoms with van der Waals surface area (Å²) in [4.78, 5) is 12.8. The lowest BCUT2D eigenvalue weighted by molar-refractivity contribution is -0.111. The van der Waals surface area contributed by atoms with E-state index in [-0.39, 0.29) is 5.91 Å². The lowest BCUT2D eigenvalue weighted by atomic mass is 9.99. The highest BCUT2D eigenvalue weighted by Gasteiger charge is 2.15. The molecule has 5 heteroatoms. The van der Waals surface area contributed by atoms with Crippen LogP contribution in [0.2, 0.25) is 0 Å². The maximum Gasteiger partial charge on any atom is 0.248 e. The Morgan fingerprint density at radius 2 is 1.82 bits per heavy atom. The van der Waals surface area contributed by atoms with Crippen LogP contribution in [-0.4, -0.2) is 19.6 Å². The number of furan rings is 1. The van der Waals surface area contributed by atoms with Gasteiger partial charge in [-0.2, -0.15) is 0 Å². The standard InChI is InChI=1S/C29H29NO4/c1-6-33-27-16-28-24(25(17-34-28)21-8-10-22(32-5)11-9-21)15-23(27)19(3)14-29(31)30-26-12-7-18(2)13-20(26)4/h7-17H,6H2,1-5H3,(H,30,31)/b19-14+. The number of hydrogen-bond donors (Lipinski definition) is 1. The van der Waals surface area contributed by atoms with Gasteiger partial charge in [-0.3, -0.25) is 4.79 Å². The minimum atomic E-state index is -0.186. The van der Waals surface area contributed by atoms with E-state index >= 15 is 0 Å². The number of carbonyl (C=O) groups is 1. The van der Waals surface area contributed by atoms with E-state index in [9.17, 15) is 4.79 Å². The molecular formula is C29H29NO4. The predicted octanol–water partition coefficient (Wildman–Crippen LogP) is 7.17. The summed E-state index contributed by atoms with van der Waals surface area (Å²) in [6, 6.07) is 17.7. The zero-order chi connectivity index (χ0) is 24.2.